The lowest BCUT2D eigenvalue weighted by molar-refractivity contribution is 0.582. The molecule has 0 aliphatic heterocycles. The third-order valence-corrected chi connectivity index (χ3v) is 4.86. The predicted molar refractivity (Wildman–Crippen MR) is 89.2 cm³/mol. The number of rotatable bonds is 5. The van der Waals surface area contributed by atoms with Crippen molar-refractivity contribution >= 4 is 15.7 Å². The summed E-state index contributed by atoms with van der Waals surface area (Å²) in [6.45, 7) is 0.318. The van der Waals surface area contributed by atoms with Crippen LogP contribution in [0.1, 0.15) is 5.56 Å². The molecule has 3 rings (SSSR count). The highest BCUT2D eigenvalue weighted by molar-refractivity contribution is 7.92. The van der Waals surface area contributed by atoms with Gasteiger partial charge in [-0.15, -0.1) is 0 Å². The molecule has 124 valence electrons. The van der Waals surface area contributed by atoms with Gasteiger partial charge in [0.15, 0.2) is 0 Å². The zero-order valence-corrected chi connectivity index (χ0v) is 13.4. The summed E-state index contributed by atoms with van der Waals surface area (Å²) >= 11 is 0. The van der Waals surface area contributed by atoms with E-state index in [1.54, 1.807) is 30.3 Å². The molecule has 7 heteroatoms. The highest BCUT2D eigenvalue weighted by Gasteiger charge is 2.18. The Morgan fingerprint density at radius 3 is 2.46 bits per heavy atom. The zero-order valence-electron chi connectivity index (χ0n) is 12.6. The van der Waals surface area contributed by atoms with E-state index in [1.807, 2.05) is 0 Å². The maximum absolute atomic E-state index is 13.0. The van der Waals surface area contributed by atoms with Gasteiger partial charge in [0.2, 0.25) is 0 Å². The average Bonchev–Trinajstić information content (AvgIpc) is 3.09. The SMILES string of the molecule is NCc1ccc(NS(=O)(=O)c2ccc(F)cc2)c(-c2ccco2)c1. The van der Waals surface area contributed by atoms with Gasteiger partial charge in [-0.05, 0) is 54.1 Å². The lowest BCUT2D eigenvalue weighted by Gasteiger charge is -2.13. The quantitative estimate of drug-likeness (QED) is 0.742. The van der Waals surface area contributed by atoms with Crippen LogP contribution < -0.4 is 10.5 Å². The topological polar surface area (TPSA) is 85.3 Å². The van der Waals surface area contributed by atoms with Gasteiger partial charge in [-0.1, -0.05) is 6.07 Å². The molecule has 1 aromatic heterocycles. The van der Waals surface area contributed by atoms with E-state index in [0.717, 1.165) is 17.7 Å². The number of benzene rings is 2. The molecule has 0 aliphatic carbocycles. The van der Waals surface area contributed by atoms with Gasteiger partial charge in [0.05, 0.1) is 16.8 Å². The Hall–Kier alpha value is -2.64. The molecule has 2 aromatic carbocycles. The van der Waals surface area contributed by atoms with Crippen LogP contribution >= 0.6 is 0 Å². The molecule has 3 N–H and O–H groups in total. The second kappa shape index (κ2) is 6.46. The smallest absolute Gasteiger partial charge is 0.261 e. The molecule has 3 aromatic rings. The van der Waals surface area contributed by atoms with Gasteiger partial charge >= 0.3 is 0 Å². The summed E-state index contributed by atoms with van der Waals surface area (Å²) in [6.07, 6.45) is 1.50. The van der Waals surface area contributed by atoms with Gasteiger partial charge in [0.25, 0.3) is 10.0 Å². The van der Waals surface area contributed by atoms with E-state index >= 15 is 0 Å². The Balaban J connectivity index is 2.02. The maximum atomic E-state index is 13.0. The van der Waals surface area contributed by atoms with Gasteiger partial charge in [0.1, 0.15) is 11.6 Å². The number of furan rings is 1. The molecular weight excluding hydrogens is 331 g/mol. The fraction of sp³-hybridized carbons (Fsp3) is 0.0588. The Kier molecular flexibility index (Phi) is 4.37. The van der Waals surface area contributed by atoms with Crippen LogP contribution in [0.2, 0.25) is 0 Å². The number of hydrogen-bond donors (Lipinski definition) is 2. The third kappa shape index (κ3) is 3.32. The van der Waals surface area contributed by atoms with E-state index in [1.165, 1.54) is 18.4 Å². The molecule has 0 spiro atoms. The van der Waals surface area contributed by atoms with Crippen molar-refractivity contribution in [2.24, 2.45) is 5.73 Å². The molecule has 0 aliphatic rings. The van der Waals surface area contributed by atoms with Crippen LogP contribution in [0.15, 0.2) is 70.2 Å². The molecule has 0 atom stereocenters. The Labute approximate surface area is 139 Å². The lowest BCUT2D eigenvalue weighted by Crippen LogP contribution is -2.14. The Morgan fingerprint density at radius 1 is 1.08 bits per heavy atom. The predicted octanol–water partition coefficient (Wildman–Crippen LogP) is 3.35. The number of hydrogen-bond acceptors (Lipinski definition) is 4. The molecule has 5 nitrogen and oxygen atoms in total. The van der Waals surface area contributed by atoms with Gasteiger partial charge in [-0.3, -0.25) is 4.72 Å². The van der Waals surface area contributed by atoms with E-state index in [2.05, 4.69) is 4.72 Å². The first-order valence-electron chi connectivity index (χ1n) is 7.15. The van der Waals surface area contributed by atoms with E-state index in [-0.39, 0.29) is 4.90 Å². The summed E-state index contributed by atoms with van der Waals surface area (Å²) in [6, 6.07) is 13.2. The van der Waals surface area contributed by atoms with Gasteiger partial charge in [-0.25, -0.2) is 12.8 Å². The monoisotopic (exact) mass is 346 g/mol. The summed E-state index contributed by atoms with van der Waals surface area (Å²) in [4.78, 5) is -0.0304. The highest BCUT2D eigenvalue weighted by atomic mass is 32.2. The fourth-order valence-electron chi connectivity index (χ4n) is 2.26. The number of anilines is 1. The average molecular weight is 346 g/mol. The van der Waals surface area contributed by atoms with Gasteiger partial charge in [0, 0.05) is 12.1 Å². The Morgan fingerprint density at radius 2 is 1.83 bits per heavy atom. The van der Waals surface area contributed by atoms with Crippen molar-refractivity contribution < 1.29 is 17.2 Å². The van der Waals surface area contributed by atoms with E-state index < -0.39 is 15.8 Å². The van der Waals surface area contributed by atoms with Crippen molar-refractivity contribution in [3.05, 3.63) is 72.2 Å². The second-order valence-electron chi connectivity index (χ2n) is 5.12. The van der Waals surface area contributed by atoms with Crippen LogP contribution in [-0.2, 0) is 16.6 Å². The van der Waals surface area contributed by atoms with Crippen molar-refractivity contribution in [3.63, 3.8) is 0 Å². The lowest BCUT2D eigenvalue weighted by atomic mass is 10.1. The number of nitrogens with two attached hydrogens (primary N) is 1. The van der Waals surface area contributed by atoms with Crippen molar-refractivity contribution in [2.45, 2.75) is 11.4 Å². The molecule has 24 heavy (non-hydrogen) atoms. The maximum Gasteiger partial charge on any atom is 0.261 e. The third-order valence-electron chi connectivity index (χ3n) is 3.47. The molecule has 0 radical (unpaired) electrons. The molecule has 0 bridgehead atoms. The summed E-state index contributed by atoms with van der Waals surface area (Å²) < 4.78 is 45.9. The largest absolute Gasteiger partial charge is 0.464 e. The summed E-state index contributed by atoms with van der Waals surface area (Å²) in [5.74, 6) is 0.0135. The zero-order chi connectivity index (χ0) is 17.2. The van der Waals surface area contributed by atoms with Crippen LogP contribution in [0, 0.1) is 5.82 Å². The van der Waals surface area contributed by atoms with Crippen LogP contribution in [0.25, 0.3) is 11.3 Å². The highest BCUT2D eigenvalue weighted by Crippen LogP contribution is 2.31. The van der Waals surface area contributed by atoms with Crippen LogP contribution in [0.4, 0.5) is 10.1 Å². The summed E-state index contributed by atoms with van der Waals surface area (Å²) in [7, 11) is -3.85. The van der Waals surface area contributed by atoms with Gasteiger partial charge < -0.3 is 10.2 Å². The minimum atomic E-state index is -3.85. The molecule has 0 saturated carbocycles. The number of sulfonamides is 1. The van der Waals surface area contributed by atoms with E-state index in [0.29, 0.717) is 23.6 Å². The molecule has 0 unspecified atom stereocenters. The van der Waals surface area contributed by atoms with Crippen molar-refractivity contribution in [3.8, 4) is 11.3 Å². The van der Waals surface area contributed by atoms with E-state index in [4.69, 9.17) is 10.2 Å². The van der Waals surface area contributed by atoms with Crippen LogP contribution in [-0.4, -0.2) is 8.42 Å². The first-order chi connectivity index (χ1) is 11.5. The van der Waals surface area contributed by atoms with Crippen molar-refractivity contribution in [1.29, 1.82) is 0 Å². The van der Waals surface area contributed by atoms with E-state index in [9.17, 15) is 12.8 Å². The number of halogens is 1. The van der Waals surface area contributed by atoms with Crippen molar-refractivity contribution in [1.82, 2.24) is 0 Å². The first-order valence-corrected chi connectivity index (χ1v) is 8.63. The minimum absolute atomic E-state index is 0.0304. The van der Waals surface area contributed by atoms with Crippen LogP contribution in [0.5, 0.6) is 0 Å². The standard InChI is InChI=1S/C17H15FN2O3S/c18-13-4-6-14(7-5-13)24(21,22)20-16-8-3-12(11-19)10-15(16)17-2-1-9-23-17/h1-10,20H,11,19H2. The second-order valence-corrected chi connectivity index (χ2v) is 6.80. The summed E-state index contributed by atoms with van der Waals surface area (Å²) in [5, 5.41) is 0. The minimum Gasteiger partial charge on any atom is -0.464 e. The molecule has 0 fully saturated rings. The molecule has 0 saturated heterocycles. The van der Waals surface area contributed by atoms with Crippen molar-refractivity contribution in [2.75, 3.05) is 4.72 Å². The van der Waals surface area contributed by atoms with Gasteiger partial charge in [-0.2, -0.15) is 0 Å². The fourth-order valence-corrected chi connectivity index (χ4v) is 3.34. The number of nitrogens with one attached hydrogen (secondary N) is 1. The Bertz CT molecular complexity index is 936. The first kappa shape index (κ1) is 16.2. The van der Waals surface area contributed by atoms with Crippen LogP contribution in [0.3, 0.4) is 0 Å². The molecule has 1 heterocycles. The normalized spacial score (nSPS) is 11.4. The molecular formula is C17H15FN2O3S. The summed E-state index contributed by atoms with van der Waals surface area (Å²) in [5.41, 5.74) is 7.42. The molecule has 0 amide bonds.